The van der Waals surface area contributed by atoms with E-state index in [4.69, 9.17) is 9.47 Å². The third-order valence-corrected chi connectivity index (χ3v) is 5.56. The Kier molecular flexibility index (Phi) is 5.05. The number of aliphatic hydroxyl groups is 1. The molecule has 2 heterocycles. The molecular weight excluding hydrogens is 432 g/mol. The average Bonchev–Trinajstić information content (AvgIpc) is 3.11. The lowest BCUT2D eigenvalue weighted by atomic mass is 9.95. The quantitative estimate of drug-likeness (QED) is 0.365. The third-order valence-electron chi connectivity index (χ3n) is 5.56. The van der Waals surface area contributed by atoms with Crippen molar-refractivity contribution in [3.8, 4) is 11.5 Å². The van der Waals surface area contributed by atoms with Crippen molar-refractivity contribution in [1.29, 1.82) is 0 Å². The van der Waals surface area contributed by atoms with Crippen molar-refractivity contribution in [2.45, 2.75) is 6.04 Å². The maximum absolute atomic E-state index is 14.0. The van der Waals surface area contributed by atoms with E-state index in [0.29, 0.717) is 30.3 Å². The van der Waals surface area contributed by atoms with Crippen molar-refractivity contribution >= 4 is 23.1 Å². The number of amides is 1. The molecule has 166 valence electrons. The molecule has 1 atom stereocenters. The summed E-state index contributed by atoms with van der Waals surface area (Å²) >= 11 is 0. The van der Waals surface area contributed by atoms with E-state index < -0.39 is 35.1 Å². The van der Waals surface area contributed by atoms with Gasteiger partial charge in [0.2, 0.25) is 0 Å². The number of benzene rings is 3. The minimum absolute atomic E-state index is 0.00826. The van der Waals surface area contributed by atoms with Crippen molar-refractivity contribution in [3.63, 3.8) is 0 Å². The summed E-state index contributed by atoms with van der Waals surface area (Å²) in [6.45, 7) is 0.730. The lowest BCUT2D eigenvalue weighted by Gasteiger charge is -2.25. The number of ether oxygens (including phenoxy) is 2. The Balaban J connectivity index is 1.69. The summed E-state index contributed by atoms with van der Waals surface area (Å²) in [4.78, 5) is 27.2. The molecule has 8 heteroatoms. The van der Waals surface area contributed by atoms with Gasteiger partial charge in [-0.25, -0.2) is 8.78 Å². The predicted octanol–water partition coefficient (Wildman–Crippen LogP) is 4.36. The molecule has 2 aliphatic rings. The molecule has 1 fully saturated rings. The van der Waals surface area contributed by atoms with Gasteiger partial charge in [-0.15, -0.1) is 0 Å². The highest BCUT2D eigenvalue weighted by molar-refractivity contribution is 6.51. The van der Waals surface area contributed by atoms with Gasteiger partial charge in [-0.05, 0) is 35.9 Å². The zero-order valence-electron chi connectivity index (χ0n) is 17.1. The fourth-order valence-corrected chi connectivity index (χ4v) is 4.03. The first kappa shape index (κ1) is 20.7. The molecule has 1 saturated heterocycles. The van der Waals surface area contributed by atoms with Gasteiger partial charge in [-0.2, -0.15) is 0 Å². The van der Waals surface area contributed by atoms with Crippen LogP contribution >= 0.6 is 0 Å². The normalized spacial score (nSPS) is 19.1. The highest BCUT2D eigenvalue weighted by Gasteiger charge is 2.47. The van der Waals surface area contributed by atoms with E-state index in [1.54, 1.807) is 42.5 Å². The van der Waals surface area contributed by atoms with Crippen molar-refractivity contribution in [2.24, 2.45) is 0 Å². The minimum atomic E-state index is -1.16. The molecule has 1 N–H and O–H groups in total. The number of Topliss-reactive ketones (excluding diaryl/α,β-unsaturated/α-hetero) is 1. The lowest BCUT2D eigenvalue weighted by Crippen LogP contribution is -2.29. The number of aliphatic hydroxyl groups excluding tert-OH is 1. The van der Waals surface area contributed by atoms with Gasteiger partial charge in [0, 0.05) is 17.3 Å². The van der Waals surface area contributed by atoms with Crippen LogP contribution in [-0.4, -0.2) is 30.0 Å². The number of nitrogens with zero attached hydrogens (tertiary/aromatic N) is 1. The molecule has 0 saturated carbocycles. The number of anilines is 1. The molecule has 1 amide bonds. The maximum atomic E-state index is 14.0. The zero-order valence-corrected chi connectivity index (χ0v) is 17.1. The Labute approximate surface area is 187 Å². The Morgan fingerprint density at radius 2 is 1.61 bits per heavy atom. The Morgan fingerprint density at radius 1 is 0.879 bits per heavy atom. The number of carbonyl (C=O) groups is 2. The number of hydrogen-bond donors (Lipinski definition) is 1. The first-order valence-corrected chi connectivity index (χ1v) is 10.2. The highest BCUT2D eigenvalue weighted by Crippen LogP contribution is 2.43. The molecule has 33 heavy (non-hydrogen) atoms. The topological polar surface area (TPSA) is 76.1 Å². The molecule has 0 spiro atoms. The second-order valence-corrected chi connectivity index (χ2v) is 7.54. The van der Waals surface area contributed by atoms with E-state index in [1.165, 1.54) is 12.1 Å². The average molecular weight is 449 g/mol. The van der Waals surface area contributed by atoms with Crippen LogP contribution in [0.4, 0.5) is 14.5 Å². The number of ketones is 1. The van der Waals surface area contributed by atoms with Gasteiger partial charge in [0.25, 0.3) is 11.7 Å². The van der Waals surface area contributed by atoms with Crippen molar-refractivity contribution < 1.29 is 33.0 Å². The standard InChI is InChI=1S/C25H17F2NO5/c26-17-8-7-16(13-18(17)27)28-22(14-4-2-1-3-5-14)21(24(30)25(28)31)23(29)15-6-9-19-20(12-15)33-11-10-32-19/h1-9,12-13,22,29H,10-11H2/b23-21-. The van der Waals surface area contributed by atoms with Crippen molar-refractivity contribution in [3.05, 3.63) is 95.1 Å². The van der Waals surface area contributed by atoms with E-state index in [2.05, 4.69) is 0 Å². The van der Waals surface area contributed by atoms with E-state index >= 15 is 0 Å². The van der Waals surface area contributed by atoms with Gasteiger partial charge in [-0.1, -0.05) is 30.3 Å². The van der Waals surface area contributed by atoms with E-state index in [9.17, 15) is 23.5 Å². The van der Waals surface area contributed by atoms with Crippen LogP contribution in [0.3, 0.4) is 0 Å². The number of rotatable bonds is 3. The van der Waals surface area contributed by atoms with Crippen LogP contribution < -0.4 is 14.4 Å². The number of halogens is 2. The van der Waals surface area contributed by atoms with Crippen LogP contribution in [0.1, 0.15) is 17.2 Å². The Morgan fingerprint density at radius 3 is 2.33 bits per heavy atom. The fourth-order valence-electron chi connectivity index (χ4n) is 4.03. The monoisotopic (exact) mass is 449 g/mol. The molecule has 0 radical (unpaired) electrons. The smallest absolute Gasteiger partial charge is 0.300 e. The summed E-state index contributed by atoms with van der Waals surface area (Å²) in [5, 5.41) is 11.2. The van der Waals surface area contributed by atoms with Crippen molar-refractivity contribution in [1.82, 2.24) is 0 Å². The molecule has 3 aromatic carbocycles. The Bertz CT molecular complexity index is 1310. The number of fused-ring (bicyclic) bond motifs is 1. The summed E-state index contributed by atoms with van der Waals surface area (Å²) in [6, 6.07) is 15.1. The summed E-state index contributed by atoms with van der Waals surface area (Å²) in [7, 11) is 0. The maximum Gasteiger partial charge on any atom is 0.300 e. The SMILES string of the molecule is O=C1C(=O)N(c2ccc(F)c(F)c2)C(c2ccccc2)/C1=C(/O)c1ccc2c(c1)OCCO2. The van der Waals surface area contributed by atoms with Crippen molar-refractivity contribution in [2.75, 3.05) is 18.1 Å². The molecule has 0 aromatic heterocycles. The van der Waals surface area contributed by atoms with Crippen LogP contribution in [0.2, 0.25) is 0 Å². The molecule has 3 aromatic rings. The molecule has 2 aliphatic heterocycles. The van der Waals surface area contributed by atoms with Gasteiger partial charge in [-0.3, -0.25) is 14.5 Å². The number of carbonyl (C=O) groups excluding carboxylic acids is 2. The second kappa shape index (κ2) is 8.05. The highest BCUT2D eigenvalue weighted by atomic mass is 19.2. The fraction of sp³-hybridized carbons (Fsp3) is 0.120. The molecule has 0 bridgehead atoms. The molecular formula is C25H17F2NO5. The third kappa shape index (κ3) is 3.49. The van der Waals surface area contributed by atoms with Crippen LogP contribution in [0, 0.1) is 11.6 Å². The van der Waals surface area contributed by atoms with E-state index in [0.717, 1.165) is 17.0 Å². The molecule has 5 rings (SSSR count). The summed E-state index contributed by atoms with van der Waals surface area (Å²) < 4.78 is 38.6. The van der Waals surface area contributed by atoms with Gasteiger partial charge in [0.1, 0.15) is 19.0 Å². The first-order chi connectivity index (χ1) is 16.0. The van der Waals surface area contributed by atoms with E-state index in [1.807, 2.05) is 0 Å². The summed E-state index contributed by atoms with van der Waals surface area (Å²) in [6.07, 6.45) is 0. The summed E-state index contributed by atoms with van der Waals surface area (Å²) in [5.41, 5.74) is 0.586. The number of hydrogen-bond acceptors (Lipinski definition) is 5. The molecule has 6 nitrogen and oxygen atoms in total. The lowest BCUT2D eigenvalue weighted by molar-refractivity contribution is -0.132. The largest absolute Gasteiger partial charge is 0.507 e. The van der Waals surface area contributed by atoms with Gasteiger partial charge < -0.3 is 14.6 Å². The van der Waals surface area contributed by atoms with Crippen LogP contribution in [0.25, 0.3) is 5.76 Å². The van der Waals surface area contributed by atoms with Crippen LogP contribution in [0.5, 0.6) is 11.5 Å². The Hall–Kier alpha value is -4.20. The second-order valence-electron chi connectivity index (χ2n) is 7.54. The molecule has 0 aliphatic carbocycles. The van der Waals surface area contributed by atoms with E-state index in [-0.39, 0.29) is 16.8 Å². The van der Waals surface area contributed by atoms with Gasteiger partial charge in [0.05, 0.1) is 11.6 Å². The van der Waals surface area contributed by atoms with Crippen LogP contribution in [0.15, 0.2) is 72.3 Å². The van der Waals surface area contributed by atoms with Crippen LogP contribution in [-0.2, 0) is 9.59 Å². The predicted molar refractivity (Wildman–Crippen MR) is 115 cm³/mol. The molecule has 1 unspecified atom stereocenters. The zero-order chi connectivity index (χ0) is 23.1. The first-order valence-electron chi connectivity index (χ1n) is 10.2. The van der Waals surface area contributed by atoms with Gasteiger partial charge >= 0.3 is 0 Å². The van der Waals surface area contributed by atoms with Gasteiger partial charge in [0.15, 0.2) is 23.1 Å². The minimum Gasteiger partial charge on any atom is -0.507 e. The summed E-state index contributed by atoms with van der Waals surface area (Å²) in [5.74, 6) is -3.66.